The molecular formula is C16H15Br2NO. The first-order valence-electron chi connectivity index (χ1n) is 6.23. The van der Waals surface area contributed by atoms with Crippen LogP contribution in [0.25, 0.3) is 0 Å². The zero-order chi connectivity index (χ0) is 14.7. The maximum atomic E-state index is 12.5. The standard InChI is InChI=1S/C16H15Br2NO/c1-11-4-3-5-12(8-11)10-19(2)16(20)14-9-13(17)6-7-15(14)18/h3-9H,10H2,1-2H3. The van der Waals surface area contributed by atoms with Gasteiger partial charge in [-0.15, -0.1) is 0 Å². The number of amides is 1. The zero-order valence-electron chi connectivity index (χ0n) is 11.4. The van der Waals surface area contributed by atoms with Gasteiger partial charge in [0.2, 0.25) is 0 Å². The van der Waals surface area contributed by atoms with Gasteiger partial charge in [0.05, 0.1) is 5.56 Å². The predicted octanol–water partition coefficient (Wildman–Crippen LogP) is 4.79. The summed E-state index contributed by atoms with van der Waals surface area (Å²) in [5.41, 5.74) is 2.99. The molecule has 1 amide bonds. The van der Waals surface area contributed by atoms with Gasteiger partial charge in [-0.05, 0) is 46.6 Å². The van der Waals surface area contributed by atoms with E-state index >= 15 is 0 Å². The first kappa shape index (κ1) is 15.3. The van der Waals surface area contributed by atoms with Crippen molar-refractivity contribution in [1.82, 2.24) is 4.90 Å². The smallest absolute Gasteiger partial charge is 0.255 e. The normalized spacial score (nSPS) is 10.4. The van der Waals surface area contributed by atoms with Crippen molar-refractivity contribution in [2.24, 2.45) is 0 Å². The fourth-order valence-electron chi connectivity index (χ4n) is 2.02. The van der Waals surface area contributed by atoms with Crippen molar-refractivity contribution in [1.29, 1.82) is 0 Å². The second kappa shape index (κ2) is 6.55. The highest BCUT2D eigenvalue weighted by Crippen LogP contribution is 2.23. The first-order chi connectivity index (χ1) is 9.47. The van der Waals surface area contributed by atoms with Gasteiger partial charge in [0.1, 0.15) is 0 Å². The van der Waals surface area contributed by atoms with Crippen LogP contribution >= 0.6 is 31.9 Å². The molecule has 0 atom stereocenters. The molecule has 0 aliphatic heterocycles. The zero-order valence-corrected chi connectivity index (χ0v) is 14.5. The number of rotatable bonds is 3. The molecule has 0 saturated carbocycles. The fourth-order valence-corrected chi connectivity index (χ4v) is 2.80. The lowest BCUT2D eigenvalue weighted by Gasteiger charge is -2.18. The highest BCUT2D eigenvalue weighted by atomic mass is 79.9. The Bertz CT molecular complexity index is 640. The Morgan fingerprint density at radius 2 is 1.90 bits per heavy atom. The van der Waals surface area contributed by atoms with Crippen LogP contribution in [0.5, 0.6) is 0 Å². The molecule has 4 heteroatoms. The molecule has 0 unspecified atom stereocenters. The molecule has 20 heavy (non-hydrogen) atoms. The molecule has 104 valence electrons. The number of nitrogens with zero attached hydrogens (tertiary/aromatic N) is 1. The summed E-state index contributed by atoms with van der Waals surface area (Å²) in [4.78, 5) is 14.2. The molecule has 2 aromatic carbocycles. The number of aryl methyl sites for hydroxylation is 1. The Morgan fingerprint density at radius 3 is 2.60 bits per heavy atom. The van der Waals surface area contributed by atoms with Crippen molar-refractivity contribution in [2.45, 2.75) is 13.5 Å². The molecule has 2 aromatic rings. The van der Waals surface area contributed by atoms with Crippen LogP contribution in [0, 0.1) is 6.92 Å². The molecule has 0 spiro atoms. The Hall–Kier alpha value is -1.13. The fraction of sp³-hybridized carbons (Fsp3) is 0.188. The van der Waals surface area contributed by atoms with Crippen LogP contribution < -0.4 is 0 Å². The number of hydrogen-bond acceptors (Lipinski definition) is 1. The van der Waals surface area contributed by atoms with Crippen LogP contribution in [0.2, 0.25) is 0 Å². The van der Waals surface area contributed by atoms with E-state index in [2.05, 4.69) is 50.9 Å². The molecule has 0 radical (unpaired) electrons. The van der Waals surface area contributed by atoms with Crippen molar-refractivity contribution in [3.05, 3.63) is 68.1 Å². The average Bonchev–Trinajstić information content (AvgIpc) is 2.40. The van der Waals surface area contributed by atoms with Crippen molar-refractivity contribution in [3.8, 4) is 0 Å². The molecule has 0 aliphatic carbocycles. The van der Waals surface area contributed by atoms with Crippen LogP contribution in [-0.4, -0.2) is 17.9 Å². The van der Waals surface area contributed by atoms with Gasteiger partial charge in [-0.25, -0.2) is 0 Å². The lowest BCUT2D eigenvalue weighted by Crippen LogP contribution is -2.26. The molecule has 0 heterocycles. The molecule has 2 nitrogen and oxygen atoms in total. The molecule has 2 rings (SSSR count). The largest absolute Gasteiger partial charge is 0.337 e. The second-order valence-electron chi connectivity index (χ2n) is 4.77. The summed E-state index contributed by atoms with van der Waals surface area (Å²) in [5.74, 6) is -0.000295. The minimum atomic E-state index is -0.000295. The first-order valence-corrected chi connectivity index (χ1v) is 7.82. The number of carbonyl (C=O) groups is 1. The van der Waals surface area contributed by atoms with Gasteiger partial charge in [0, 0.05) is 22.5 Å². The van der Waals surface area contributed by atoms with E-state index in [0.29, 0.717) is 12.1 Å². The van der Waals surface area contributed by atoms with E-state index in [9.17, 15) is 4.79 Å². The summed E-state index contributed by atoms with van der Waals surface area (Å²) in [6, 6.07) is 13.8. The van der Waals surface area contributed by atoms with Gasteiger partial charge in [-0.3, -0.25) is 4.79 Å². The van der Waals surface area contributed by atoms with Gasteiger partial charge in [-0.1, -0.05) is 45.8 Å². The Morgan fingerprint density at radius 1 is 1.15 bits per heavy atom. The Kier molecular flexibility index (Phi) is 5.00. The molecule has 0 aliphatic rings. The minimum absolute atomic E-state index is 0.000295. The van der Waals surface area contributed by atoms with E-state index in [4.69, 9.17) is 0 Å². The van der Waals surface area contributed by atoms with Gasteiger partial charge < -0.3 is 4.90 Å². The minimum Gasteiger partial charge on any atom is -0.337 e. The number of halogens is 2. The lowest BCUT2D eigenvalue weighted by atomic mass is 10.1. The molecule has 0 bridgehead atoms. The average molecular weight is 397 g/mol. The topological polar surface area (TPSA) is 20.3 Å². The van der Waals surface area contributed by atoms with Gasteiger partial charge in [-0.2, -0.15) is 0 Å². The maximum Gasteiger partial charge on any atom is 0.255 e. The second-order valence-corrected chi connectivity index (χ2v) is 6.54. The van der Waals surface area contributed by atoms with Crippen LogP contribution in [0.1, 0.15) is 21.5 Å². The van der Waals surface area contributed by atoms with Crippen LogP contribution in [-0.2, 0) is 6.54 Å². The van der Waals surface area contributed by atoms with E-state index in [1.165, 1.54) is 5.56 Å². The van der Waals surface area contributed by atoms with Gasteiger partial charge >= 0.3 is 0 Å². The molecule has 0 N–H and O–H groups in total. The summed E-state index contributed by atoms with van der Waals surface area (Å²) in [6.45, 7) is 2.65. The highest BCUT2D eigenvalue weighted by molar-refractivity contribution is 9.11. The van der Waals surface area contributed by atoms with Crippen molar-refractivity contribution in [3.63, 3.8) is 0 Å². The van der Waals surface area contributed by atoms with Crippen LogP contribution in [0.4, 0.5) is 0 Å². The maximum absolute atomic E-state index is 12.5. The molecular weight excluding hydrogens is 382 g/mol. The van der Waals surface area contributed by atoms with Crippen molar-refractivity contribution >= 4 is 37.8 Å². The predicted molar refractivity (Wildman–Crippen MR) is 88.8 cm³/mol. The lowest BCUT2D eigenvalue weighted by molar-refractivity contribution is 0.0784. The van der Waals surface area contributed by atoms with E-state index in [0.717, 1.165) is 14.5 Å². The van der Waals surface area contributed by atoms with Crippen LogP contribution in [0.3, 0.4) is 0 Å². The summed E-state index contributed by atoms with van der Waals surface area (Å²) in [6.07, 6.45) is 0. The van der Waals surface area contributed by atoms with E-state index in [1.54, 1.807) is 4.90 Å². The molecule has 0 saturated heterocycles. The SMILES string of the molecule is Cc1cccc(CN(C)C(=O)c2cc(Br)ccc2Br)c1. The molecule has 0 fully saturated rings. The van der Waals surface area contributed by atoms with E-state index < -0.39 is 0 Å². The third-order valence-electron chi connectivity index (χ3n) is 3.01. The summed E-state index contributed by atoms with van der Waals surface area (Å²) in [5, 5.41) is 0. The van der Waals surface area contributed by atoms with Crippen molar-refractivity contribution < 1.29 is 4.79 Å². The number of hydrogen-bond donors (Lipinski definition) is 0. The Balaban J connectivity index is 2.18. The van der Waals surface area contributed by atoms with Gasteiger partial charge in [0.15, 0.2) is 0 Å². The highest BCUT2D eigenvalue weighted by Gasteiger charge is 2.15. The third kappa shape index (κ3) is 3.70. The summed E-state index contributed by atoms with van der Waals surface area (Å²) < 4.78 is 1.70. The van der Waals surface area contributed by atoms with Gasteiger partial charge in [0.25, 0.3) is 5.91 Å². The Labute approximate surface area is 136 Å². The number of benzene rings is 2. The van der Waals surface area contributed by atoms with E-state index in [-0.39, 0.29) is 5.91 Å². The summed E-state index contributed by atoms with van der Waals surface area (Å²) >= 11 is 6.83. The van der Waals surface area contributed by atoms with E-state index in [1.807, 2.05) is 37.4 Å². The number of carbonyl (C=O) groups excluding carboxylic acids is 1. The van der Waals surface area contributed by atoms with Crippen molar-refractivity contribution in [2.75, 3.05) is 7.05 Å². The quantitative estimate of drug-likeness (QED) is 0.730. The summed E-state index contributed by atoms with van der Waals surface area (Å²) in [7, 11) is 1.82. The van der Waals surface area contributed by atoms with Crippen LogP contribution in [0.15, 0.2) is 51.4 Å². The third-order valence-corrected chi connectivity index (χ3v) is 4.19. The monoisotopic (exact) mass is 395 g/mol. The molecule has 0 aromatic heterocycles.